The third kappa shape index (κ3) is 3.58. The first-order valence-electron chi connectivity index (χ1n) is 9.73. The predicted octanol–water partition coefficient (Wildman–Crippen LogP) is 3.75. The highest BCUT2D eigenvalue weighted by molar-refractivity contribution is 6.00. The molecule has 1 aliphatic rings. The quantitative estimate of drug-likeness (QED) is 0.758. The second-order valence-corrected chi connectivity index (χ2v) is 7.51. The SMILES string of the molecule is Cc1ccc(-c2nn(-c3ccccc3)cc2C(=O)N2CCC(O)CC2)c(C)c1. The van der Waals surface area contributed by atoms with E-state index in [0.29, 0.717) is 37.2 Å². The largest absolute Gasteiger partial charge is 0.393 e. The number of nitrogens with zero attached hydrogens (tertiary/aromatic N) is 3. The summed E-state index contributed by atoms with van der Waals surface area (Å²) in [5, 5.41) is 14.6. The van der Waals surface area contributed by atoms with Crippen molar-refractivity contribution in [3.63, 3.8) is 0 Å². The smallest absolute Gasteiger partial charge is 0.257 e. The van der Waals surface area contributed by atoms with E-state index in [1.807, 2.05) is 47.5 Å². The highest BCUT2D eigenvalue weighted by atomic mass is 16.3. The molecular formula is C23H25N3O2. The fraction of sp³-hybridized carbons (Fsp3) is 0.304. The first kappa shape index (κ1) is 18.4. The fourth-order valence-corrected chi connectivity index (χ4v) is 3.76. The summed E-state index contributed by atoms with van der Waals surface area (Å²) in [6.45, 7) is 5.26. The minimum Gasteiger partial charge on any atom is -0.393 e. The van der Waals surface area contributed by atoms with Crippen LogP contribution in [0.1, 0.15) is 34.3 Å². The van der Waals surface area contributed by atoms with Crippen LogP contribution in [0.15, 0.2) is 54.7 Å². The van der Waals surface area contributed by atoms with Crippen molar-refractivity contribution < 1.29 is 9.90 Å². The average molecular weight is 375 g/mol. The van der Waals surface area contributed by atoms with E-state index >= 15 is 0 Å². The third-order valence-corrected chi connectivity index (χ3v) is 5.35. The van der Waals surface area contributed by atoms with Crippen molar-refractivity contribution in [3.8, 4) is 16.9 Å². The second kappa shape index (κ2) is 7.60. The van der Waals surface area contributed by atoms with Gasteiger partial charge >= 0.3 is 0 Å². The Morgan fingerprint density at radius 3 is 2.46 bits per heavy atom. The lowest BCUT2D eigenvalue weighted by atomic mass is 9.99. The van der Waals surface area contributed by atoms with E-state index in [-0.39, 0.29) is 12.0 Å². The number of para-hydroxylation sites is 1. The Kier molecular flexibility index (Phi) is 5.01. The number of likely N-dealkylation sites (tertiary alicyclic amines) is 1. The van der Waals surface area contributed by atoms with Crippen LogP contribution in [0.2, 0.25) is 0 Å². The maximum atomic E-state index is 13.3. The molecule has 0 saturated carbocycles. The van der Waals surface area contributed by atoms with Crippen LogP contribution in [-0.2, 0) is 0 Å². The van der Waals surface area contributed by atoms with Gasteiger partial charge in [-0.15, -0.1) is 0 Å². The lowest BCUT2D eigenvalue weighted by molar-refractivity contribution is 0.0547. The highest BCUT2D eigenvalue weighted by Crippen LogP contribution is 2.29. The van der Waals surface area contributed by atoms with Gasteiger partial charge in [0.1, 0.15) is 5.69 Å². The summed E-state index contributed by atoms with van der Waals surface area (Å²) in [6.07, 6.45) is 2.77. The first-order chi connectivity index (χ1) is 13.5. The number of hydrogen-bond acceptors (Lipinski definition) is 3. The molecule has 0 bridgehead atoms. The van der Waals surface area contributed by atoms with Crippen LogP contribution in [0, 0.1) is 13.8 Å². The number of rotatable bonds is 3. The number of aryl methyl sites for hydroxylation is 2. The van der Waals surface area contributed by atoms with E-state index in [4.69, 9.17) is 5.10 Å². The Hall–Kier alpha value is -2.92. The molecular weight excluding hydrogens is 350 g/mol. The van der Waals surface area contributed by atoms with Crippen molar-refractivity contribution in [2.45, 2.75) is 32.8 Å². The molecule has 5 nitrogen and oxygen atoms in total. The number of aliphatic hydroxyl groups is 1. The van der Waals surface area contributed by atoms with Crippen molar-refractivity contribution in [2.75, 3.05) is 13.1 Å². The van der Waals surface area contributed by atoms with Crippen molar-refractivity contribution in [1.29, 1.82) is 0 Å². The van der Waals surface area contributed by atoms with E-state index in [9.17, 15) is 9.90 Å². The lowest BCUT2D eigenvalue weighted by Gasteiger charge is -2.29. The first-order valence-corrected chi connectivity index (χ1v) is 9.73. The summed E-state index contributed by atoms with van der Waals surface area (Å²) >= 11 is 0. The Labute approximate surface area is 165 Å². The van der Waals surface area contributed by atoms with Gasteiger partial charge in [0.05, 0.1) is 17.4 Å². The number of piperidine rings is 1. The molecule has 2 aromatic carbocycles. The molecule has 0 atom stereocenters. The monoisotopic (exact) mass is 375 g/mol. The molecule has 28 heavy (non-hydrogen) atoms. The van der Waals surface area contributed by atoms with Crippen LogP contribution >= 0.6 is 0 Å². The Morgan fingerprint density at radius 1 is 1.07 bits per heavy atom. The van der Waals surface area contributed by atoms with Crippen LogP contribution in [0.3, 0.4) is 0 Å². The molecule has 5 heteroatoms. The summed E-state index contributed by atoms with van der Waals surface area (Å²) in [4.78, 5) is 15.1. The number of aromatic nitrogens is 2. The van der Waals surface area contributed by atoms with Crippen LogP contribution in [0.5, 0.6) is 0 Å². The molecule has 1 aromatic heterocycles. The fourth-order valence-electron chi connectivity index (χ4n) is 3.76. The molecule has 1 saturated heterocycles. The summed E-state index contributed by atoms with van der Waals surface area (Å²) in [6, 6.07) is 16.0. The van der Waals surface area contributed by atoms with E-state index < -0.39 is 0 Å². The molecule has 0 spiro atoms. The minimum atomic E-state index is -0.310. The molecule has 1 aliphatic heterocycles. The zero-order chi connectivity index (χ0) is 19.7. The average Bonchev–Trinajstić information content (AvgIpc) is 3.14. The van der Waals surface area contributed by atoms with Gasteiger partial charge in [0.15, 0.2) is 0 Å². The second-order valence-electron chi connectivity index (χ2n) is 7.51. The van der Waals surface area contributed by atoms with Crippen LogP contribution in [-0.4, -0.2) is 44.9 Å². The van der Waals surface area contributed by atoms with Crippen molar-refractivity contribution in [3.05, 3.63) is 71.4 Å². The molecule has 0 aliphatic carbocycles. The molecule has 144 valence electrons. The topological polar surface area (TPSA) is 58.4 Å². The van der Waals surface area contributed by atoms with Crippen LogP contribution < -0.4 is 0 Å². The summed E-state index contributed by atoms with van der Waals surface area (Å²) in [7, 11) is 0. The number of carbonyl (C=O) groups excluding carboxylic acids is 1. The van der Waals surface area contributed by atoms with Gasteiger partial charge in [-0.1, -0.05) is 42.0 Å². The van der Waals surface area contributed by atoms with Crippen molar-refractivity contribution >= 4 is 5.91 Å². The van der Waals surface area contributed by atoms with Gasteiger partial charge in [0.25, 0.3) is 5.91 Å². The molecule has 4 rings (SSSR count). The molecule has 0 radical (unpaired) electrons. The standard InChI is InChI=1S/C23H25N3O2/c1-16-8-9-20(17(2)14-16)22-21(23(28)25-12-10-19(27)11-13-25)15-26(24-22)18-6-4-3-5-7-18/h3-9,14-15,19,27H,10-13H2,1-2H3. The summed E-state index contributed by atoms with van der Waals surface area (Å²) < 4.78 is 1.78. The Morgan fingerprint density at radius 2 is 1.79 bits per heavy atom. The lowest BCUT2D eigenvalue weighted by Crippen LogP contribution is -2.40. The predicted molar refractivity (Wildman–Crippen MR) is 110 cm³/mol. The molecule has 1 fully saturated rings. The van der Waals surface area contributed by atoms with E-state index in [2.05, 4.69) is 26.0 Å². The molecule has 2 heterocycles. The normalized spacial score (nSPS) is 15.0. The number of hydrogen-bond donors (Lipinski definition) is 1. The number of benzene rings is 2. The van der Waals surface area contributed by atoms with E-state index in [1.165, 1.54) is 5.56 Å². The van der Waals surface area contributed by atoms with Gasteiger partial charge in [-0.05, 0) is 44.4 Å². The number of amides is 1. The Balaban J connectivity index is 1.79. The number of carbonyl (C=O) groups is 1. The van der Waals surface area contributed by atoms with E-state index in [0.717, 1.165) is 16.8 Å². The molecule has 1 N–H and O–H groups in total. The van der Waals surface area contributed by atoms with Gasteiger partial charge in [-0.2, -0.15) is 5.10 Å². The zero-order valence-electron chi connectivity index (χ0n) is 16.3. The van der Waals surface area contributed by atoms with Crippen molar-refractivity contribution in [2.24, 2.45) is 0 Å². The van der Waals surface area contributed by atoms with Crippen LogP contribution in [0.4, 0.5) is 0 Å². The Bertz CT molecular complexity index is 986. The van der Waals surface area contributed by atoms with Crippen LogP contribution in [0.25, 0.3) is 16.9 Å². The maximum absolute atomic E-state index is 13.3. The summed E-state index contributed by atoms with van der Waals surface area (Å²) in [5.74, 6) is -0.0240. The molecule has 3 aromatic rings. The van der Waals surface area contributed by atoms with Gasteiger partial charge in [0, 0.05) is 24.8 Å². The van der Waals surface area contributed by atoms with Gasteiger partial charge in [-0.3, -0.25) is 4.79 Å². The molecule has 0 unspecified atom stereocenters. The van der Waals surface area contributed by atoms with Crippen molar-refractivity contribution in [1.82, 2.24) is 14.7 Å². The third-order valence-electron chi connectivity index (χ3n) is 5.35. The summed E-state index contributed by atoms with van der Waals surface area (Å²) in [5.41, 5.74) is 5.48. The zero-order valence-corrected chi connectivity index (χ0v) is 16.3. The van der Waals surface area contributed by atoms with Gasteiger partial charge in [-0.25, -0.2) is 4.68 Å². The molecule has 1 amide bonds. The van der Waals surface area contributed by atoms with Gasteiger partial charge in [0.2, 0.25) is 0 Å². The van der Waals surface area contributed by atoms with Gasteiger partial charge < -0.3 is 10.0 Å². The number of aliphatic hydroxyl groups excluding tert-OH is 1. The minimum absolute atomic E-state index is 0.0240. The maximum Gasteiger partial charge on any atom is 0.257 e. The van der Waals surface area contributed by atoms with E-state index in [1.54, 1.807) is 4.68 Å². The highest BCUT2D eigenvalue weighted by Gasteiger charge is 2.27.